The van der Waals surface area contributed by atoms with Crippen molar-refractivity contribution in [1.29, 1.82) is 0 Å². The number of carbonyl (C=O) groups excluding carboxylic acids is 2. The van der Waals surface area contributed by atoms with E-state index in [0.717, 1.165) is 0 Å². The Morgan fingerprint density at radius 1 is 1.59 bits per heavy atom. The molecule has 0 spiro atoms. The van der Waals surface area contributed by atoms with Crippen molar-refractivity contribution in [3.8, 4) is 0 Å². The van der Waals surface area contributed by atoms with E-state index in [-0.39, 0.29) is 23.6 Å². The number of aliphatic hydroxyl groups is 1. The van der Waals surface area contributed by atoms with E-state index < -0.39 is 18.0 Å². The molecule has 0 aliphatic carbocycles. The molecular weight excluding hydrogens is 242 g/mol. The van der Waals surface area contributed by atoms with Gasteiger partial charge in [0.15, 0.2) is 0 Å². The van der Waals surface area contributed by atoms with E-state index in [0.29, 0.717) is 4.91 Å². The Hall–Kier alpha value is -1.01. The quantitative estimate of drug-likeness (QED) is 0.666. The third kappa shape index (κ3) is 1.51. The summed E-state index contributed by atoms with van der Waals surface area (Å²) in [7, 11) is 0. The number of rotatable bonds is 3. The zero-order valence-electron chi connectivity index (χ0n) is 9.84. The molecule has 0 aromatic carbocycles. The highest BCUT2D eigenvalue weighted by Crippen LogP contribution is 2.49. The third-order valence-electron chi connectivity index (χ3n) is 3.52. The van der Waals surface area contributed by atoms with Crippen LogP contribution in [0.3, 0.4) is 0 Å². The fourth-order valence-electron chi connectivity index (χ4n) is 2.79. The van der Waals surface area contributed by atoms with Crippen LogP contribution in [-0.2, 0) is 9.59 Å². The average Bonchev–Trinajstić information content (AvgIpc) is 2.47. The Kier molecular flexibility index (Phi) is 2.95. The summed E-state index contributed by atoms with van der Waals surface area (Å²) in [6, 6.07) is -0.238. The standard InChI is InChI=1S/C11H15NO4S/c1-4-7-6(5(2)13)10(14)12(7)8(11(15)16)9(4)17-3/h4-7,13H,1-3H3,(H,15,16)/p-1/t4-,5-,6-,7-/m1/s1. The van der Waals surface area contributed by atoms with Crippen molar-refractivity contribution in [3.05, 3.63) is 10.6 Å². The summed E-state index contributed by atoms with van der Waals surface area (Å²) in [5.74, 6) is -2.19. The number of amides is 1. The normalized spacial score (nSPS) is 33.5. The van der Waals surface area contributed by atoms with Gasteiger partial charge >= 0.3 is 0 Å². The van der Waals surface area contributed by atoms with Gasteiger partial charge < -0.3 is 19.9 Å². The molecule has 2 aliphatic rings. The summed E-state index contributed by atoms with van der Waals surface area (Å²) in [4.78, 5) is 24.9. The predicted molar refractivity (Wildman–Crippen MR) is 60.5 cm³/mol. The van der Waals surface area contributed by atoms with Crippen LogP contribution < -0.4 is 5.11 Å². The number of hydrogen-bond acceptors (Lipinski definition) is 5. The van der Waals surface area contributed by atoms with Crippen molar-refractivity contribution in [3.63, 3.8) is 0 Å². The number of carbonyl (C=O) groups is 2. The zero-order chi connectivity index (χ0) is 12.9. The van der Waals surface area contributed by atoms with Crippen LogP contribution >= 0.6 is 11.8 Å². The van der Waals surface area contributed by atoms with E-state index in [1.807, 2.05) is 6.92 Å². The molecule has 94 valence electrons. The Morgan fingerprint density at radius 3 is 2.59 bits per heavy atom. The second-order valence-corrected chi connectivity index (χ2v) is 5.31. The van der Waals surface area contributed by atoms with Gasteiger partial charge in [-0.05, 0) is 13.2 Å². The summed E-state index contributed by atoms with van der Waals surface area (Å²) in [5, 5.41) is 20.6. The largest absolute Gasteiger partial charge is 0.543 e. The molecular formula is C11H14NO4S-. The maximum absolute atomic E-state index is 11.8. The minimum Gasteiger partial charge on any atom is -0.543 e. The summed E-state index contributed by atoms with van der Waals surface area (Å²) in [6.45, 7) is 3.43. The van der Waals surface area contributed by atoms with Crippen LogP contribution in [0.2, 0.25) is 0 Å². The number of β-lactam (4-membered cyclic amide) rings is 1. The molecule has 0 bridgehead atoms. The van der Waals surface area contributed by atoms with Crippen molar-refractivity contribution in [1.82, 2.24) is 4.90 Å². The van der Waals surface area contributed by atoms with Gasteiger partial charge in [-0.1, -0.05) is 6.92 Å². The van der Waals surface area contributed by atoms with Gasteiger partial charge in [0.25, 0.3) is 0 Å². The molecule has 1 saturated heterocycles. The minimum atomic E-state index is -1.32. The van der Waals surface area contributed by atoms with Gasteiger partial charge in [0.1, 0.15) is 0 Å². The average molecular weight is 256 g/mol. The lowest BCUT2D eigenvalue weighted by Gasteiger charge is -2.47. The predicted octanol–water partition coefficient (Wildman–Crippen LogP) is -0.832. The lowest BCUT2D eigenvalue weighted by molar-refractivity contribution is -0.301. The molecule has 1 N–H and O–H groups in total. The highest BCUT2D eigenvalue weighted by molar-refractivity contribution is 8.02. The first-order valence-electron chi connectivity index (χ1n) is 5.42. The summed E-state index contributed by atoms with van der Waals surface area (Å²) < 4.78 is 0. The van der Waals surface area contributed by atoms with Crippen LogP contribution in [-0.4, -0.2) is 40.3 Å². The molecule has 0 aromatic rings. The van der Waals surface area contributed by atoms with E-state index in [1.54, 1.807) is 13.2 Å². The van der Waals surface area contributed by atoms with Crippen molar-refractivity contribution < 1.29 is 19.8 Å². The van der Waals surface area contributed by atoms with Crippen LogP contribution in [0.5, 0.6) is 0 Å². The maximum atomic E-state index is 11.8. The molecule has 0 radical (unpaired) electrons. The van der Waals surface area contributed by atoms with Gasteiger partial charge in [-0.3, -0.25) is 4.79 Å². The van der Waals surface area contributed by atoms with Crippen molar-refractivity contribution in [2.75, 3.05) is 6.26 Å². The van der Waals surface area contributed by atoms with Crippen molar-refractivity contribution >= 4 is 23.6 Å². The number of carboxylic acid groups (broad SMARTS) is 1. The highest BCUT2D eigenvalue weighted by Gasteiger charge is 2.58. The molecule has 5 nitrogen and oxygen atoms in total. The van der Waals surface area contributed by atoms with E-state index in [4.69, 9.17) is 0 Å². The van der Waals surface area contributed by atoms with Gasteiger partial charge in [0, 0.05) is 10.8 Å². The van der Waals surface area contributed by atoms with E-state index >= 15 is 0 Å². The third-order valence-corrected chi connectivity index (χ3v) is 4.53. The first-order chi connectivity index (χ1) is 7.91. The second kappa shape index (κ2) is 4.03. The van der Waals surface area contributed by atoms with Crippen LogP contribution in [0.15, 0.2) is 10.6 Å². The monoisotopic (exact) mass is 256 g/mol. The first-order valence-corrected chi connectivity index (χ1v) is 6.65. The second-order valence-electron chi connectivity index (χ2n) is 4.46. The van der Waals surface area contributed by atoms with Crippen LogP contribution in [0.4, 0.5) is 0 Å². The van der Waals surface area contributed by atoms with Gasteiger partial charge in [-0.15, -0.1) is 11.8 Å². The SMILES string of the molecule is CSC1=C(C(=O)[O-])N2C(=O)[C@H]([C@@H](C)O)[C@H]2[C@H]1C. The number of nitrogens with zero attached hydrogens (tertiary/aromatic N) is 1. The lowest BCUT2D eigenvalue weighted by atomic mass is 9.79. The van der Waals surface area contributed by atoms with E-state index in [9.17, 15) is 19.8 Å². The molecule has 0 unspecified atom stereocenters. The van der Waals surface area contributed by atoms with E-state index in [2.05, 4.69) is 0 Å². The fourth-order valence-corrected chi connectivity index (χ4v) is 3.67. The highest BCUT2D eigenvalue weighted by atomic mass is 32.2. The molecule has 2 aliphatic heterocycles. The van der Waals surface area contributed by atoms with Crippen LogP contribution in [0.25, 0.3) is 0 Å². The summed E-state index contributed by atoms with van der Waals surface area (Å²) in [6.07, 6.45) is 1.03. The number of carboxylic acids is 1. The molecule has 4 atom stereocenters. The van der Waals surface area contributed by atoms with Crippen LogP contribution in [0.1, 0.15) is 13.8 Å². The maximum Gasteiger partial charge on any atom is 0.235 e. The number of fused-ring (bicyclic) bond motifs is 1. The van der Waals surface area contributed by atoms with Gasteiger partial charge in [-0.2, -0.15) is 0 Å². The van der Waals surface area contributed by atoms with Gasteiger partial charge in [-0.25, -0.2) is 0 Å². The smallest absolute Gasteiger partial charge is 0.235 e. The molecule has 1 fully saturated rings. The molecule has 17 heavy (non-hydrogen) atoms. The Morgan fingerprint density at radius 2 is 2.18 bits per heavy atom. The number of hydrogen-bond donors (Lipinski definition) is 1. The van der Waals surface area contributed by atoms with Gasteiger partial charge in [0.05, 0.1) is 29.7 Å². The zero-order valence-corrected chi connectivity index (χ0v) is 10.7. The fraction of sp³-hybridized carbons (Fsp3) is 0.636. The van der Waals surface area contributed by atoms with Crippen molar-refractivity contribution in [2.45, 2.75) is 26.0 Å². The first kappa shape index (κ1) is 12.4. The topological polar surface area (TPSA) is 80.7 Å². The lowest BCUT2D eigenvalue weighted by Crippen LogP contribution is -2.64. The number of thioether (sulfide) groups is 1. The van der Waals surface area contributed by atoms with Crippen molar-refractivity contribution in [2.24, 2.45) is 11.8 Å². The Balaban J connectivity index is 2.39. The number of aliphatic hydroxyl groups excluding tert-OH is 1. The molecule has 0 saturated carbocycles. The minimum absolute atomic E-state index is 0.0168. The summed E-state index contributed by atoms with van der Waals surface area (Å²) in [5.41, 5.74) is -0.0168. The molecule has 2 heterocycles. The van der Waals surface area contributed by atoms with Gasteiger partial charge in [0.2, 0.25) is 5.91 Å². The number of aliphatic carboxylic acids is 1. The molecule has 6 heteroatoms. The molecule has 1 amide bonds. The van der Waals surface area contributed by atoms with E-state index in [1.165, 1.54) is 16.7 Å². The van der Waals surface area contributed by atoms with Crippen LogP contribution in [0, 0.1) is 11.8 Å². The summed E-state index contributed by atoms with van der Waals surface area (Å²) >= 11 is 1.32. The Labute approximate surface area is 103 Å². The molecule has 2 rings (SSSR count). The Bertz CT molecular complexity index is 418. The molecule has 0 aromatic heterocycles.